The molecule has 0 atom stereocenters. The molecule has 2 aromatic carbocycles. The van der Waals surface area contributed by atoms with E-state index in [2.05, 4.69) is 0 Å². The van der Waals surface area contributed by atoms with E-state index in [0.717, 1.165) is 17.5 Å². The minimum Gasteiger partial charge on any atom is -0.351 e. The molecule has 0 radical (unpaired) electrons. The van der Waals surface area contributed by atoms with Crippen molar-refractivity contribution >= 4 is 11.9 Å². The zero-order chi connectivity index (χ0) is 16.9. The number of hydrogen-bond donors (Lipinski definition) is 1. The Hall–Kier alpha value is -2.82. The summed E-state index contributed by atoms with van der Waals surface area (Å²) in [6, 6.07) is 17.3. The Kier molecular flexibility index (Phi) is 4.79. The minimum atomic E-state index is -0.420. The first-order chi connectivity index (χ1) is 11.6. The van der Waals surface area contributed by atoms with Gasteiger partial charge in [-0.15, -0.1) is 0 Å². The topological polar surface area (TPSA) is 66.6 Å². The van der Waals surface area contributed by atoms with Crippen LogP contribution in [0.4, 0.5) is 4.79 Å². The van der Waals surface area contributed by atoms with Crippen LogP contribution in [0.25, 0.3) is 11.1 Å². The van der Waals surface area contributed by atoms with E-state index in [1.165, 1.54) is 0 Å². The Bertz CT molecular complexity index is 713. The second-order valence-corrected chi connectivity index (χ2v) is 5.91. The minimum absolute atomic E-state index is 0.000863. The monoisotopic (exact) mass is 323 g/mol. The van der Waals surface area contributed by atoms with E-state index in [1.54, 1.807) is 9.80 Å². The van der Waals surface area contributed by atoms with Crippen LogP contribution in [0.15, 0.2) is 54.6 Å². The molecule has 0 spiro atoms. The molecule has 0 aromatic heterocycles. The molecule has 3 rings (SSSR count). The number of nitrogens with two attached hydrogens (primary N) is 1. The third kappa shape index (κ3) is 3.56. The average molecular weight is 323 g/mol. The van der Waals surface area contributed by atoms with Crippen LogP contribution in [0.2, 0.25) is 0 Å². The molecule has 5 nitrogen and oxygen atoms in total. The fourth-order valence-corrected chi connectivity index (χ4v) is 2.96. The molecule has 5 heteroatoms. The molecule has 1 heterocycles. The summed E-state index contributed by atoms with van der Waals surface area (Å²) in [7, 11) is 0. The summed E-state index contributed by atoms with van der Waals surface area (Å²) in [6.45, 7) is 2.25. The molecular formula is C19H21N3O2. The van der Waals surface area contributed by atoms with Crippen molar-refractivity contribution in [2.24, 2.45) is 5.73 Å². The maximum atomic E-state index is 12.7. The van der Waals surface area contributed by atoms with Crippen LogP contribution in [0, 0.1) is 0 Å². The molecule has 1 aliphatic heterocycles. The van der Waals surface area contributed by atoms with Gasteiger partial charge in [-0.1, -0.05) is 42.5 Å². The van der Waals surface area contributed by atoms with E-state index in [1.807, 2.05) is 54.6 Å². The number of amides is 3. The predicted molar refractivity (Wildman–Crippen MR) is 93.6 cm³/mol. The summed E-state index contributed by atoms with van der Waals surface area (Å²) in [5.74, 6) is 0.000863. The summed E-state index contributed by atoms with van der Waals surface area (Å²) < 4.78 is 0. The van der Waals surface area contributed by atoms with E-state index in [0.29, 0.717) is 31.7 Å². The van der Waals surface area contributed by atoms with Crippen LogP contribution in [0.5, 0.6) is 0 Å². The predicted octanol–water partition coefficient (Wildman–Crippen LogP) is 2.58. The fourth-order valence-electron chi connectivity index (χ4n) is 2.96. The quantitative estimate of drug-likeness (QED) is 0.923. The van der Waals surface area contributed by atoms with Gasteiger partial charge in [0.25, 0.3) is 5.91 Å². The Morgan fingerprint density at radius 1 is 0.750 bits per heavy atom. The van der Waals surface area contributed by atoms with Crippen molar-refractivity contribution in [2.45, 2.75) is 6.42 Å². The number of primary amides is 1. The fraction of sp³-hybridized carbons (Fsp3) is 0.263. The number of carbonyl (C=O) groups excluding carboxylic acids is 2. The van der Waals surface area contributed by atoms with Crippen molar-refractivity contribution in [3.05, 3.63) is 60.2 Å². The van der Waals surface area contributed by atoms with Gasteiger partial charge < -0.3 is 15.5 Å². The number of urea groups is 1. The molecule has 3 amide bonds. The smallest absolute Gasteiger partial charge is 0.314 e. The Morgan fingerprint density at radius 3 is 2.00 bits per heavy atom. The molecule has 0 bridgehead atoms. The summed E-state index contributed by atoms with van der Waals surface area (Å²) in [4.78, 5) is 27.3. The summed E-state index contributed by atoms with van der Waals surface area (Å²) in [5.41, 5.74) is 8.21. The third-order valence-corrected chi connectivity index (χ3v) is 4.33. The van der Waals surface area contributed by atoms with Gasteiger partial charge in [-0.2, -0.15) is 0 Å². The van der Waals surface area contributed by atoms with Gasteiger partial charge in [-0.3, -0.25) is 4.79 Å². The highest BCUT2D eigenvalue weighted by Crippen LogP contribution is 2.20. The number of hydrogen-bond acceptors (Lipinski definition) is 2. The first-order valence-corrected chi connectivity index (χ1v) is 8.14. The third-order valence-electron chi connectivity index (χ3n) is 4.33. The van der Waals surface area contributed by atoms with Crippen molar-refractivity contribution in [1.29, 1.82) is 0 Å². The standard InChI is InChI=1S/C19H21N3O2/c20-19(24)22-12-4-11-21(13-14-22)18(23)17-9-7-16(8-10-17)15-5-2-1-3-6-15/h1-3,5-10H,4,11-14H2,(H2,20,24). The molecular weight excluding hydrogens is 302 g/mol. The lowest BCUT2D eigenvalue weighted by Crippen LogP contribution is -2.39. The van der Waals surface area contributed by atoms with Crippen LogP contribution in [0.1, 0.15) is 16.8 Å². The lowest BCUT2D eigenvalue weighted by molar-refractivity contribution is 0.0762. The van der Waals surface area contributed by atoms with Crippen molar-refractivity contribution < 1.29 is 9.59 Å². The summed E-state index contributed by atoms with van der Waals surface area (Å²) >= 11 is 0. The van der Waals surface area contributed by atoms with Crippen molar-refractivity contribution in [3.8, 4) is 11.1 Å². The van der Waals surface area contributed by atoms with E-state index < -0.39 is 6.03 Å². The Balaban J connectivity index is 1.70. The number of benzene rings is 2. The van der Waals surface area contributed by atoms with Crippen molar-refractivity contribution in [1.82, 2.24) is 9.80 Å². The lowest BCUT2D eigenvalue weighted by Gasteiger charge is -2.21. The van der Waals surface area contributed by atoms with Crippen LogP contribution in [-0.4, -0.2) is 47.9 Å². The van der Waals surface area contributed by atoms with E-state index >= 15 is 0 Å². The van der Waals surface area contributed by atoms with E-state index in [9.17, 15) is 9.59 Å². The highest BCUT2D eigenvalue weighted by molar-refractivity contribution is 5.94. The molecule has 2 N–H and O–H groups in total. The zero-order valence-corrected chi connectivity index (χ0v) is 13.5. The molecule has 0 unspecified atom stereocenters. The van der Waals surface area contributed by atoms with Gasteiger partial charge in [-0.05, 0) is 29.7 Å². The van der Waals surface area contributed by atoms with Crippen molar-refractivity contribution in [2.75, 3.05) is 26.2 Å². The number of carbonyl (C=O) groups is 2. The number of nitrogens with zero attached hydrogens (tertiary/aromatic N) is 2. The Labute approximate surface area is 141 Å². The maximum Gasteiger partial charge on any atom is 0.314 e. The van der Waals surface area contributed by atoms with Crippen molar-refractivity contribution in [3.63, 3.8) is 0 Å². The van der Waals surface area contributed by atoms with Crippen LogP contribution >= 0.6 is 0 Å². The SMILES string of the molecule is NC(=O)N1CCCN(C(=O)c2ccc(-c3ccccc3)cc2)CC1. The van der Waals surface area contributed by atoms with Gasteiger partial charge >= 0.3 is 6.03 Å². The van der Waals surface area contributed by atoms with Crippen LogP contribution in [0.3, 0.4) is 0 Å². The van der Waals surface area contributed by atoms with E-state index in [-0.39, 0.29) is 5.91 Å². The van der Waals surface area contributed by atoms with Gasteiger partial charge in [-0.25, -0.2) is 4.79 Å². The van der Waals surface area contributed by atoms with Gasteiger partial charge in [0.15, 0.2) is 0 Å². The molecule has 1 aliphatic rings. The zero-order valence-electron chi connectivity index (χ0n) is 13.5. The molecule has 2 aromatic rings. The molecule has 24 heavy (non-hydrogen) atoms. The average Bonchev–Trinajstić information content (AvgIpc) is 2.88. The largest absolute Gasteiger partial charge is 0.351 e. The van der Waals surface area contributed by atoms with Crippen LogP contribution < -0.4 is 5.73 Å². The molecule has 1 saturated heterocycles. The normalized spacial score (nSPS) is 15.0. The molecule has 0 saturated carbocycles. The maximum absolute atomic E-state index is 12.7. The second-order valence-electron chi connectivity index (χ2n) is 5.91. The molecule has 124 valence electrons. The van der Waals surface area contributed by atoms with Gasteiger partial charge in [0.2, 0.25) is 0 Å². The lowest BCUT2D eigenvalue weighted by atomic mass is 10.0. The second kappa shape index (κ2) is 7.17. The Morgan fingerprint density at radius 2 is 1.33 bits per heavy atom. The first-order valence-electron chi connectivity index (χ1n) is 8.14. The van der Waals surface area contributed by atoms with Gasteiger partial charge in [0, 0.05) is 31.7 Å². The van der Waals surface area contributed by atoms with Crippen LogP contribution in [-0.2, 0) is 0 Å². The number of rotatable bonds is 2. The summed E-state index contributed by atoms with van der Waals surface area (Å²) in [5, 5.41) is 0. The first kappa shape index (κ1) is 16.1. The highest BCUT2D eigenvalue weighted by atomic mass is 16.2. The van der Waals surface area contributed by atoms with Gasteiger partial charge in [0.1, 0.15) is 0 Å². The molecule has 0 aliphatic carbocycles. The summed E-state index contributed by atoms with van der Waals surface area (Å²) in [6.07, 6.45) is 0.747. The van der Waals surface area contributed by atoms with E-state index in [4.69, 9.17) is 5.73 Å². The van der Waals surface area contributed by atoms with Gasteiger partial charge in [0.05, 0.1) is 0 Å². The highest BCUT2D eigenvalue weighted by Gasteiger charge is 2.21. The molecule has 1 fully saturated rings.